The predicted octanol–water partition coefficient (Wildman–Crippen LogP) is 2.80. The van der Waals surface area contributed by atoms with E-state index in [1.807, 2.05) is 25.2 Å². The maximum absolute atomic E-state index is 10.2. The summed E-state index contributed by atoms with van der Waals surface area (Å²) in [5.74, 6) is 0.445. The van der Waals surface area contributed by atoms with Crippen LogP contribution in [0, 0.1) is 0 Å². The number of halogens is 1. The highest BCUT2D eigenvalue weighted by atomic mass is 35.5. The Morgan fingerprint density at radius 3 is 2.79 bits per heavy atom. The molecular formula is C19H19ClN6O2. The van der Waals surface area contributed by atoms with E-state index in [4.69, 9.17) is 16.3 Å². The van der Waals surface area contributed by atoms with Crippen LogP contribution in [0.2, 0.25) is 5.02 Å². The molecule has 4 rings (SSSR count). The molecule has 0 aliphatic carbocycles. The molecule has 1 unspecified atom stereocenters. The second-order valence-corrected chi connectivity index (χ2v) is 6.81. The highest BCUT2D eigenvalue weighted by molar-refractivity contribution is 6.34. The van der Waals surface area contributed by atoms with E-state index in [2.05, 4.69) is 25.3 Å². The molecule has 3 heterocycles. The minimum absolute atomic E-state index is 0.445. The zero-order valence-electron chi connectivity index (χ0n) is 15.3. The third-order valence-electron chi connectivity index (χ3n) is 4.37. The fourth-order valence-corrected chi connectivity index (χ4v) is 3.22. The largest absolute Gasteiger partial charge is 0.480 e. The fourth-order valence-electron chi connectivity index (χ4n) is 2.95. The molecule has 3 N–H and O–H groups in total. The van der Waals surface area contributed by atoms with E-state index < -0.39 is 6.23 Å². The second kappa shape index (κ2) is 7.59. The quantitative estimate of drug-likeness (QED) is 0.432. The standard InChI is InChI=1S/C19H19ClN6O2/c1-26-9-17(24-10-26)19(27)23-6-12-3-11-4-14(20)13(5-15(11)25-12)16-7-22-18(28-2)8-21-16/h3-5,7-10,19,23,25,27H,6H2,1-2H3. The second-order valence-electron chi connectivity index (χ2n) is 6.41. The van der Waals surface area contributed by atoms with E-state index >= 15 is 0 Å². The zero-order chi connectivity index (χ0) is 19.7. The minimum atomic E-state index is -0.846. The number of ether oxygens (including phenoxy) is 1. The van der Waals surface area contributed by atoms with E-state index in [1.165, 1.54) is 0 Å². The van der Waals surface area contributed by atoms with E-state index in [0.717, 1.165) is 22.2 Å². The molecule has 0 bridgehead atoms. The average Bonchev–Trinajstić information content (AvgIpc) is 3.31. The number of hydrogen-bond acceptors (Lipinski definition) is 6. The lowest BCUT2D eigenvalue weighted by Crippen LogP contribution is -2.20. The van der Waals surface area contributed by atoms with Crippen molar-refractivity contribution in [1.82, 2.24) is 29.8 Å². The van der Waals surface area contributed by atoms with Gasteiger partial charge in [0.15, 0.2) is 0 Å². The first-order valence-electron chi connectivity index (χ1n) is 8.60. The van der Waals surface area contributed by atoms with Crippen LogP contribution in [0.1, 0.15) is 17.6 Å². The SMILES string of the molecule is COc1cnc(-c2cc3[nH]c(CNC(O)c4cn(C)cn4)cc3cc2Cl)cn1. The summed E-state index contributed by atoms with van der Waals surface area (Å²) in [4.78, 5) is 16.0. The van der Waals surface area contributed by atoms with E-state index in [-0.39, 0.29) is 0 Å². The predicted molar refractivity (Wildman–Crippen MR) is 106 cm³/mol. The molecule has 3 aromatic heterocycles. The van der Waals surface area contributed by atoms with Crippen LogP contribution in [-0.2, 0) is 13.6 Å². The van der Waals surface area contributed by atoms with Crippen LogP contribution < -0.4 is 10.1 Å². The first-order valence-corrected chi connectivity index (χ1v) is 8.98. The summed E-state index contributed by atoms with van der Waals surface area (Å²) in [5, 5.41) is 14.8. The summed E-state index contributed by atoms with van der Waals surface area (Å²) < 4.78 is 6.83. The van der Waals surface area contributed by atoms with Gasteiger partial charge in [-0.1, -0.05) is 11.6 Å². The number of nitrogens with zero attached hydrogens (tertiary/aromatic N) is 4. The van der Waals surface area contributed by atoms with Gasteiger partial charge in [-0.25, -0.2) is 15.0 Å². The first kappa shape index (κ1) is 18.4. The number of aryl methyl sites for hydroxylation is 1. The van der Waals surface area contributed by atoms with Gasteiger partial charge in [-0.2, -0.15) is 0 Å². The van der Waals surface area contributed by atoms with Gasteiger partial charge in [0.25, 0.3) is 0 Å². The topological polar surface area (TPSA) is 101 Å². The van der Waals surface area contributed by atoms with Crippen molar-refractivity contribution < 1.29 is 9.84 Å². The van der Waals surface area contributed by atoms with Crippen LogP contribution >= 0.6 is 11.6 Å². The van der Waals surface area contributed by atoms with Gasteiger partial charge in [0.2, 0.25) is 5.88 Å². The molecule has 1 atom stereocenters. The Kier molecular flexibility index (Phi) is 4.99. The Hall–Kier alpha value is -2.94. The van der Waals surface area contributed by atoms with Gasteiger partial charge in [-0.15, -0.1) is 0 Å². The number of aliphatic hydroxyl groups excluding tert-OH is 1. The Bertz CT molecular complexity index is 1110. The number of aromatic nitrogens is 5. The molecule has 0 spiro atoms. The Labute approximate surface area is 166 Å². The van der Waals surface area contributed by atoms with Crippen molar-refractivity contribution in [3.63, 3.8) is 0 Å². The third kappa shape index (κ3) is 3.70. The molecule has 4 aromatic rings. The van der Waals surface area contributed by atoms with Gasteiger partial charge in [-0.05, 0) is 18.2 Å². The lowest BCUT2D eigenvalue weighted by Gasteiger charge is -2.09. The van der Waals surface area contributed by atoms with Crippen molar-refractivity contribution in [2.24, 2.45) is 7.05 Å². The van der Waals surface area contributed by atoms with Crippen LogP contribution in [0.25, 0.3) is 22.2 Å². The normalized spacial score (nSPS) is 12.4. The number of fused-ring (bicyclic) bond motifs is 1. The highest BCUT2D eigenvalue weighted by Gasteiger charge is 2.13. The maximum atomic E-state index is 10.2. The number of methoxy groups -OCH3 is 1. The number of hydrogen-bond donors (Lipinski definition) is 3. The maximum Gasteiger partial charge on any atom is 0.232 e. The highest BCUT2D eigenvalue weighted by Crippen LogP contribution is 2.31. The summed E-state index contributed by atoms with van der Waals surface area (Å²) >= 11 is 6.45. The molecule has 1 aromatic carbocycles. The molecule has 144 valence electrons. The summed E-state index contributed by atoms with van der Waals surface area (Å²) in [6.07, 6.45) is 5.75. The number of nitrogens with one attached hydrogen (secondary N) is 2. The zero-order valence-corrected chi connectivity index (χ0v) is 16.1. The molecule has 28 heavy (non-hydrogen) atoms. The number of aliphatic hydroxyl groups is 1. The van der Waals surface area contributed by atoms with Crippen molar-refractivity contribution in [1.29, 1.82) is 0 Å². The molecule has 0 aliphatic rings. The number of benzene rings is 1. The Balaban J connectivity index is 1.55. The van der Waals surface area contributed by atoms with Crippen molar-refractivity contribution in [2.75, 3.05) is 7.11 Å². The third-order valence-corrected chi connectivity index (χ3v) is 4.68. The Morgan fingerprint density at radius 1 is 1.25 bits per heavy atom. The van der Waals surface area contributed by atoms with Crippen LogP contribution in [0.3, 0.4) is 0 Å². The first-order chi connectivity index (χ1) is 13.5. The van der Waals surface area contributed by atoms with Crippen molar-refractivity contribution in [3.8, 4) is 17.1 Å². The van der Waals surface area contributed by atoms with Crippen molar-refractivity contribution in [2.45, 2.75) is 12.8 Å². The van der Waals surface area contributed by atoms with Gasteiger partial charge < -0.3 is 19.4 Å². The number of aromatic amines is 1. The van der Waals surface area contributed by atoms with Crippen LogP contribution in [0.4, 0.5) is 0 Å². The lowest BCUT2D eigenvalue weighted by molar-refractivity contribution is 0.132. The molecule has 9 heteroatoms. The van der Waals surface area contributed by atoms with Crippen molar-refractivity contribution >= 4 is 22.5 Å². The molecule has 0 fully saturated rings. The van der Waals surface area contributed by atoms with Gasteiger partial charge in [-0.3, -0.25) is 5.32 Å². The van der Waals surface area contributed by atoms with E-state index in [9.17, 15) is 5.11 Å². The molecule has 0 aliphatic heterocycles. The van der Waals surface area contributed by atoms with Gasteiger partial charge >= 0.3 is 0 Å². The lowest BCUT2D eigenvalue weighted by atomic mass is 10.1. The van der Waals surface area contributed by atoms with E-state index in [0.29, 0.717) is 28.8 Å². The number of imidazole rings is 1. The summed E-state index contributed by atoms with van der Waals surface area (Å²) in [6.45, 7) is 0.446. The fraction of sp³-hybridized carbons (Fsp3) is 0.211. The molecular weight excluding hydrogens is 380 g/mol. The van der Waals surface area contributed by atoms with Gasteiger partial charge in [0.05, 0.1) is 36.5 Å². The summed E-state index contributed by atoms with van der Waals surface area (Å²) in [7, 11) is 3.40. The number of H-pyrrole nitrogens is 1. The molecule has 0 saturated heterocycles. The monoisotopic (exact) mass is 398 g/mol. The minimum Gasteiger partial charge on any atom is -0.480 e. The molecule has 8 nitrogen and oxygen atoms in total. The molecule has 0 radical (unpaired) electrons. The Morgan fingerprint density at radius 2 is 2.11 bits per heavy atom. The van der Waals surface area contributed by atoms with Gasteiger partial charge in [0.1, 0.15) is 11.9 Å². The molecule has 0 amide bonds. The molecule has 0 saturated carbocycles. The van der Waals surface area contributed by atoms with E-state index in [1.54, 1.807) is 36.6 Å². The van der Waals surface area contributed by atoms with Crippen LogP contribution in [0.5, 0.6) is 5.88 Å². The summed E-state index contributed by atoms with van der Waals surface area (Å²) in [5.41, 5.74) is 3.84. The van der Waals surface area contributed by atoms with Crippen LogP contribution in [-0.4, -0.2) is 36.7 Å². The summed E-state index contributed by atoms with van der Waals surface area (Å²) in [6, 6.07) is 5.81. The van der Waals surface area contributed by atoms with Crippen LogP contribution in [0.15, 0.2) is 43.1 Å². The number of rotatable bonds is 6. The van der Waals surface area contributed by atoms with Gasteiger partial charge in [0, 0.05) is 41.9 Å². The van der Waals surface area contributed by atoms with Crippen molar-refractivity contribution in [3.05, 3.63) is 59.5 Å². The smallest absolute Gasteiger partial charge is 0.232 e. The average molecular weight is 399 g/mol.